The van der Waals surface area contributed by atoms with Gasteiger partial charge in [-0.05, 0) is 67.4 Å². The second-order valence-corrected chi connectivity index (χ2v) is 8.13. The lowest BCUT2D eigenvalue weighted by atomic mass is 10.1. The molecule has 0 bridgehead atoms. The number of aromatic amines is 1. The molecule has 0 unspecified atom stereocenters. The second kappa shape index (κ2) is 11.4. The number of rotatable bonds is 8. The summed E-state index contributed by atoms with van der Waals surface area (Å²) in [5.41, 5.74) is 3.41. The minimum absolute atomic E-state index is 0.286. The van der Waals surface area contributed by atoms with Crippen LogP contribution in [0.5, 0.6) is 11.5 Å². The Morgan fingerprint density at radius 1 is 1.09 bits per heavy atom. The number of anilines is 1. The largest absolute Gasteiger partial charge is 0.495 e. The average molecular weight is 491 g/mol. The highest BCUT2D eigenvalue weighted by Gasteiger charge is 2.11. The first-order chi connectivity index (χ1) is 17.1. The molecule has 0 saturated heterocycles. The molecule has 1 heterocycles. The predicted molar refractivity (Wildman–Crippen MR) is 141 cm³/mol. The number of amides is 1. The molecular weight excluding hydrogens is 464 g/mol. The Hall–Kier alpha value is -3.97. The summed E-state index contributed by atoms with van der Waals surface area (Å²) in [5.74, 6) is 1.31. The van der Waals surface area contributed by atoms with E-state index in [-0.39, 0.29) is 5.91 Å². The molecule has 3 aromatic carbocycles. The van der Waals surface area contributed by atoms with Gasteiger partial charge in [0.05, 0.1) is 18.7 Å². The molecule has 1 amide bonds. The van der Waals surface area contributed by atoms with Crippen molar-refractivity contribution in [1.82, 2.24) is 10.3 Å². The number of hydrogen-bond acceptors (Lipinski definition) is 4. The van der Waals surface area contributed by atoms with Gasteiger partial charge in [-0.2, -0.15) is 0 Å². The Morgan fingerprint density at radius 3 is 2.63 bits per heavy atom. The number of nitrogens with one attached hydrogen (secondary N) is 3. The van der Waals surface area contributed by atoms with Crippen molar-refractivity contribution in [1.29, 1.82) is 0 Å². The first-order valence-corrected chi connectivity index (χ1v) is 11.7. The summed E-state index contributed by atoms with van der Waals surface area (Å²) >= 11 is 6.27. The summed E-state index contributed by atoms with van der Waals surface area (Å²) in [7, 11) is 1.56. The van der Waals surface area contributed by atoms with Crippen molar-refractivity contribution in [3.8, 4) is 11.5 Å². The van der Waals surface area contributed by atoms with Crippen molar-refractivity contribution in [3.63, 3.8) is 0 Å². The molecule has 0 radical (unpaired) electrons. The van der Waals surface area contributed by atoms with Crippen LogP contribution in [0.15, 0.2) is 77.9 Å². The van der Waals surface area contributed by atoms with Crippen LogP contribution < -0.4 is 20.1 Å². The molecule has 0 saturated carbocycles. The number of benzene rings is 3. The van der Waals surface area contributed by atoms with Gasteiger partial charge in [0.25, 0.3) is 5.91 Å². The molecule has 0 aliphatic rings. The van der Waals surface area contributed by atoms with Gasteiger partial charge in [-0.3, -0.25) is 15.1 Å². The monoisotopic (exact) mass is 490 g/mol. The van der Waals surface area contributed by atoms with Gasteiger partial charge in [0.1, 0.15) is 11.5 Å². The number of H-pyrrole nitrogens is 1. The van der Waals surface area contributed by atoms with Crippen molar-refractivity contribution in [2.24, 2.45) is 4.99 Å². The SMILES string of the molecule is CCOc1ccc(C(=O)NC(=NCCc2c[nH]c3ccccc23)Nc2ccc(OC)c(Cl)c2)cc1. The molecule has 180 valence electrons. The van der Waals surface area contributed by atoms with Gasteiger partial charge in [-0.25, -0.2) is 0 Å². The number of hydrogen-bond donors (Lipinski definition) is 3. The van der Waals surface area contributed by atoms with Crippen molar-refractivity contribution < 1.29 is 14.3 Å². The third-order valence-corrected chi connectivity index (χ3v) is 5.70. The van der Waals surface area contributed by atoms with Crippen LogP contribution in [0.1, 0.15) is 22.8 Å². The zero-order valence-corrected chi connectivity index (χ0v) is 20.4. The highest BCUT2D eigenvalue weighted by Crippen LogP contribution is 2.27. The molecule has 35 heavy (non-hydrogen) atoms. The van der Waals surface area contributed by atoms with Crippen molar-refractivity contribution in [2.45, 2.75) is 13.3 Å². The maximum atomic E-state index is 12.9. The third kappa shape index (κ3) is 6.13. The van der Waals surface area contributed by atoms with Crippen LogP contribution in [0.3, 0.4) is 0 Å². The summed E-state index contributed by atoms with van der Waals surface area (Å²) in [6.07, 6.45) is 2.70. The van der Waals surface area contributed by atoms with E-state index in [1.807, 2.05) is 37.4 Å². The second-order valence-electron chi connectivity index (χ2n) is 7.73. The maximum Gasteiger partial charge on any atom is 0.257 e. The van der Waals surface area contributed by atoms with Crippen molar-refractivity contribution >= 4 is 40.1 Å². The molecule has 8 heteroatoms. The maximum absolute atomic E-state index is 12.9. The summed E-state index contributed by atoms with van der Waals surface area (Å²) < 4.78 is 10.7. The zero-order chi connectivity index (χ0) is 24.6. The van der Waals surface area contributed by atoms with E-state index in [9.17, 15) is 4.79 Å². The quantitative estimate of drug-likeness (QED) is 0.219. The van der Waals surface area contributed by atoms with E-state index in [0.717, 1.165) is 16.5 Å². The fourth-order valence-electron chi connectivity index (χ4n) is 3.67. The van der Waals surface area contributed by atoms with Crippen molar-refractivity contribution in [3.05, 3.63) is 89.1 Å². The molecule has 3 N–H and O–H groups in total. The number of halogens is 1. The number of carbonyl (C=O) groups is 1. The number of aliphatic imine (C=N–C) groups is 1. The molecule has 0 spiro atoms. The zero-order valence-electron chi connectivity index (χ0n) is 19.6. The lowest BCUT2D eigenvalue weighted by Gasteiger charge is -2.13. The number of aromatic nitrogens is 1. The van der Waals surface area contributed by atoms with E-state index in [0.29, 0.717) is 53.3 Å². The van der Waals surface area contributed by atoms with Crippen LogP contribution in [0.4, 0.5) is 5.69 Å². The van der Waals surface area contributed by atoms with Gasteiger partial charge in [0, 0.05) is 34.9 Å². The minimum atomic E-state index is -0.286. The fraction of sp³-hybridized carbons (Fsp3) is 0.185. The fourth-order valence-corrected chi connectivity index (χ4v) is 3.92. The van der Waals surface area contributed by atoms with Crippen LogP contribution in [0.2, 0.25) is 5.02 Å². The van der Waals surface area contributed by atoms with Gasteiger partial charge in [0.2, 0.25) is 5.96 Å². The number of fused-ring (bicyclic) bond motifs is 1. The Morgan fingerprint density at radius 2 is 1.89 bits per heavy atom. The van der Waals surface area contributed by atoms with Crippen molar-refractivity contribution in [2.75, 3.05) is 25.6 Å². The molecule has 0 aliphatic heterocycles. The topological polar surface area (TPSA) is 87.7 Å². The molecular formula is C27H27ClN4O3. The third-order valence-electron chi connectivity index (χ3n) is 5.40. The highest BCUT2D eigenvalue weighted by molar-refractivity contribution is 6.32. The van der Waals surface area contributed by atoms with E-state index in [1.54, 1.807) is 43.5 Å². The van der Waals surface area contributed by atoms with Gasteiger partial charge in [-0.15, -0.1) is 0 Å². The summed E-state index contributed by atoms with van der Waals surface area (Å²) in [6, 6.07) is 20.4. The molecule has 4 aromatic rings. The number of nitrogens with zero attached hydrogens (tertiary/aromatic N) is 1. The molecule has 0 aliphatic carbocycles. The van der Waals surface area contributed by atoms with Gasteiger partial charge in [0.15, 0.2) is 0 Å². The average Bonchev–Trinajstić information content (AvgIpc) is 3.28. The minimum Gasteiger partial charge on any atom is -0.495 e. The number of methoxy groups -OCH3 is 1. The Bertz CT molecular complexity index is 1330. The molecule has 0 atom stereocenters. The van der Waals surface area contributed by atoms with E-state index >= 15 is 0 Å². The van der Waals surface area contributed by atoms with Crippen LogP contribution in [0, 0.1) is 0 Å². The summed E-state index contributed by atoms with van der Waals surface area (Å²) in [6.45, 7) is 2.95. The highest BCUT2D eigenvalue weighted by atomic mass is 35.5. The molecule has 0 fully saturated rings. The van der Waals surface area contributed by atoms with Crippen LogP contribution in [0.25, 0.3) is 10.9 Å². The lowest BCUT2D eigenvalue weighted by Crippen LogP contribution is -2.36. The first-order valence-electron chi connectivity index (χ1n) is 11.3. The normalized spacial score (nSPS) is 11.3. The first kappa shape index (κ1) is 24.2. The number of guanidine groups is 1. The van der Waals surface area contributed by atoms with E-state index < -0.39 is 0 Å². The Labute approximate surface area is 209 Å². The Kier molecular flexibility index (Phi) is 7.90. The smallest absolute Gasteiger partial charge is 0.257 e. The predicted octanol–water partition coefficient (Wildman–Crippen LogP) is 5.67. The summed E-state index contributed by atoms with van der Waals surface area (Å²) in [4.78, 5) is 20.9. The molecule has 7 nitrogen and oxygen atoms in total. The van der Waals surface area contributed by atoms with Crippen LogP contribution in [-0.4, -0.2) is 37.1 Å². The standard InChI is InChI=1S/C27H27ClN4O3/c1-3-35-21-11-8-18(9-12-21)26(33)32-27(31-20-10-13-25(34-2)23(28)16-20)29-15-14-19-17-30-24-7-5-4-6-22(19)24/h4-13,16-17,30H,3,14-15H2,1-2H3,(H2,29,31,32,33). The van der Waals surface area contributed by atoms with Gasteiger partial charge < -0.3 is 19.8 Å². The lowest BCUT2D eigenvalue weighted by molar-refractivity contribution is 0.0977. The molecule has 1 aromatic heterocycles. The van der Waals surface area contributed by atoms with E-state index in [2.05, 4.69) is 26.7 Å². The van der Waals surface area contributed by atoms with E-state index in [1.165, 1.54) is 0 Å². The number of ether oxygens (including phenoxy) is 2. The van der Waals surface area contributed by atoms with Gasteiger partial charge >= 0.3 is 0 Å². The molecule has 4 rings (SSSR count). The number of para-hydroxylation sites is 1. The van der Waals surface area contributed by atoms with Crippen LogP contribution in [-0.2, 0) is 6.42 Å². The van der Waals surface area contributed by atoms with Gasteiger partial charge in [-0.1, -0.05) is 29.8 Å². The Balaban J connectivity index is 1.52. The van der Waals surface area contributed by atoms with E-state index in [4.69, 9.17) is 21.1 Å². The number of carbonyl (C=O) groups excluding carboxylic acids is 1. The van der Waals surface area contributed by atoms with Crippen LogP contribution >= 0.6 is 11.6 Å². The summed E-state index contributed by atoms with van der Waals surface area (Å²) in [5, 5.41) is 7.66.